The van der Waals surface area contributed by atoms with Crippen molar-refractivity contribution in [1.82, 2.24) is 0 Å². The second kappa shape index (κ2) is 10.4. The fourth-order valence-electron chi connectivity index (χ4n) is 2.55. The molecule has 0 aliphatic heterocycles. The first-order chi connectivity index (χ1) is 8.99. The van der Waals surface area contributed by atoms with E-state index < -0.39 is 0 Å². The van der Waals surface area contributed by atoms with Gasteiger partial charge in [0.1, 0.15) is 0 Å². The highest BCUT2D eigenvalue weighted by Gasteiger charge is 2.32. The monoisotopic (exact) mass is 270 g/mol. The van der Waals surface area contributed by atoms with Crippen molar-refractivity contribution >= 4 is 0 Å². The Bertz CT molecular complexity index is 237. The molecule has 2 atom stereocenters. The van der Waals surface area contributed by atoms with Gasteiger partial charge in [0.25, 0.3) is 0 Å². The van der Waals surface area contributed by atoms with Crippen molar-refractivity contribution in [3.63, 3.8) is 0 Å². The maximum absolute atomic E-state index is 10.4. The number of hydrogen-bond donors (Lipinski definition) is 2. The summed E-state index contributed by atoms with van der Waals surface area (Å²) in [4.78, 5) is 0. The van der Waals surface area contributed by atoms with Crippen molar-refractivity contribution in [3.8, 4) is 0 Å². The first kappa shape index (κ1) is 18.7. The van der Waals surface area contributed by atoms with E-state index in [0.29, 0.717) is 0 Å². The van der Waals surface area contributed by atoms with E-state index in [1.165, 1.54) is 32.1 Å². The Balaban J connectivity index is 4.04. The Morgan fingerprint density at radius 1 is 1.11 bits per heavy atom. The minimum absolute atomic E-state index is 0.187. The van der Waals surface area contributed by atoms with Crippen LogP contribution < -0.4 is 0 Å². The van der Waals surface area contributed by atoms with Crippen LogP contribution in [0, 0.1) is 5.41 Å². The molecule has 0 aliphatic carbocycles. The molecule has 0 radical (unpaired) electrons. The van der Waals surface area contributed by atoms with Gasteiger partial charge >= 0.3 is 0 Å². The lowest BCUT2D eigenvalue weighted by atomic mass is 9.73. The van der Waals surface area contributed by atoms with E-state index in [4.69, 9.17) is 5.11 Å². The van der Waals surface area contributed by atoms with Gasteiger partial charge in [-0.2, -0.15) is 0 Å². The lowest BCUT2D eigenvalue weighted by molar-refractivity contribution is 0.0428. The van der Waals surface area contributed by atoms with Crippen molar-refractivity contribution in [2.75, 3.05) is 6.61 Å². The van der Waals surface area contributed by atoms with Crippen molar-refractivity contribution in [3.05, 3.63) is 12.2 Å². The van der Waals surface area contributed by atoms with E-state index in [9.17, 15) is 5.11 Å². The normalized spacial score (nSPS) is 16.1. The fourth-order valence-corrected chi connectivity index (χ4v) is 2.55. The zero-order valence-electron chi connectivity index (χ0n) is 13.2. The van der Waals surface area contributed by atoms with E-state index >= 15 is 0 Å². The third kappa shape index (κ3) is 7.12. The summed E-state index contributed by atoms with van der Waals surface area (Å²) < 4.78 is 0. The number of unbranched alkanes of at least 4 members (excludes halogenated alkanes) is 5. The van der Waals surface area contributed by atoms with Crippen LogP contribution in [0.2, 0.25) is 0 Å². The lowest BCUT2D eigenvalue weighted by Crippen LogP contribution is -2.33. The van der Waals surface area contributed by atoms with Crippen LogP contribution >= 0.6 is 0 Å². The Kier molecular flexibility index (Phi) is 10.3. The highest BCUT2D eigenvalue weighted by Crippen LogP contribution is 2.37. The maximum atomic E-state index is 10.4. The summed E-state index contributed by atoms with van der Waals surface area (Å²) in [5, 5.41) is 19.4. The second-order valence-corrected chi connectivity index (χ2v) is 6.10. The van der Waals surface area contributed by atoms with E-state index in [-0.39, 0.29) is 18.1 Å². The summed E-state index contributed by atoms with van der Waals surface area (Å²) in [5.74, 6) is 0. The molecule has 0 fully saturated rings. The van der Waals surface area contributed by atoms with E-state index in [1.807, 2.05) is 6.92 Å². The first-order valence-corrected chi connectivity index (χ1v) is 7.94. The van der Waals surface area contributed by atoms with Crippen molar-refractivity contribution < 1.29 is 10.2 Å². The molecular formula is C17H34O2. The minimum atomic E-state index is -0.331. The average Bonchev–Trinajstić information content (AvgIpc) is 2.39. The summed E-state index contributed by atoms with van der Waals surface area (Å²) in [6.07, 6.45) is 9.56. The number of aliphatic hydroxyl groups excluding tert-OH is 2. The van der Waals surface area contributed by atoms with Crippen LogP contribution in [-0.2, 0) is 0 Å². The van der Waals surface area contributed by atoms with Gasteiger partial charge in [-0.15, -0.1) is 0 Å². The van der Waals surface area contributed by atoms with Crippen molar-refractivity contribution in [2.45, 2.75) is 84.7 Å². The molecule has 0 aromatic carbocycles. The standard InChI is InChI=1S/C17H34O2/c1-5-6-7-8-9-10-12-16(19)17(4,15(2)3)13-11-14-18/h16,18-19H,2,5-14H2,1,3-4H3/t16-,17-/m1/s1. The molecule has 0 aliphatic rings. The molecule has 0 rings (SSSR count). The SMILES string of the molecule is C=C(C)[C@@](C)(CCCO)[C@H](O)CCCCCCCC. The van der Waals surface area contributed by atoms with Gasteiger partial charge in [-0.3, -0.25) is 0 Å². The Hall–Kier alpha value is -0.340. The van der Waals surface area contributed by atoms with Crippen LogP contribution in [0.1, 0.15) is 78.6 Å². The summed E-state index contributed by atoms with van der Waals surface area (Å²) in [5.41, 5.74) is 0.783. The molecule has 0 unspecified atom stereocenters. The molecule has 0 aromatic rings. The van der Waals surface area contributed by atoms with Gasteiger partial charge in [-0.25, -0.2) is 0 Å². The summed E-state index contributed by atoms with van der Waals surface area (Å²) in [7, 11) is 0. The molecule has 114 valence electrons. The van der Waals surface area contributed by atoms with E-state index in [1.54, 1.807) is 0 Å². The molecule has 0 spiro atoms. The van der Waals surface area contributed by atoms with Gasteiger partial charge in [0, 0.05) is 12.0 Å². The predicted octanol–water partition coefficient (Wildman–Crippen LogP) is 4.45. The number of aliphatic hydroxyl groups is 2. The van der Waals surface area contributed by atoms with E-state index in [0.717, 1.165) is 31.3 Å². The van der Waals surface area contributed by atoms with Gasteiger partial charge in [0.15, 0.2) is 0 Å². The first-order valence-electron chi connectivity index (χ1n) is 7.94. The van der Waals surface area contributed by atoms with Crippen molar-refractivity contribution in [1.29, 1.82) is 0 Å². The Morgan fingerprint density at radius 3 is 2.21 bits per heavy atom. The van der Waals surface area contributed by atoms with Crippen LogP contribution in [0.5, 0.6) is 0 Å². The van der Waals surface area contributed by atoms with Crippen LogP contribution in [0.3, 0.4) is 0 Å². The molecule has 0 saturated heterocycles. The molecule has 0 amide bonds. The number of rotatable bonds is 12. The largest absolute Gasteiger partial charge is 0.396 e. The molecule has 0 bridgehead atoms. The molecule has 19 heavy (non-hydrogen) atoms. The zero-order valence-corrected chi connectivity index (χ0v) is 13.2. The maximum Gasteiger partial charge on any atom is 0.0630 e. The van der Waals surface area contributed by atoms with Gasteiger partial charge in [0.2, 0.25) is 0 Å². The van der Waals surface area contributed by atoms with Gasteiger partial charge < -0.3 is 10.2 Å². The lowest BCUT2D eigenvalue weighted by Gasteiger charge is -2.35. The molecule has 0 saturated carbocycles. The van der Waals surface area contributed by atoms with Crippen LogP contribution in [-0.4, -0.2) is 22.9 Å². The number of hydrogen-bond acceptors (Lipinski definition) is 2. The van der Waals surface area contributed by atoms with E-state index in [2.05, 4.69) is 20.4 Å². The smallest absolute Gasteiger partial charge is 0.0630 e. The quantitative estimate of drug-likeness (QED) is 0.406. The second-order valence-electron chi connectivity index (χ2n) is 6.10. The molecule has 0 aromatic heterocycles. The van der Waals surface area contributed by atoms with Crippen LogP contribution in [0.15, 0.2) is 12.2 Å². The highest BCUT2D eigenvalue weighted by molar-refractivity contribution is 5.08. The highest BCUT2D eigenvalue weighted by atomic mass is 16.3. The third-order valence-electron chi connectivity index (χ3n) is 4.40. The molecule has 0 heterocycles. The topological polar surface area (TPSA) is 40.5 Å². The molecule has 2 heteroatoms. The fraction of sp³-hybridized carbons (Fsp3) is 0.882. The summed E-state index contributed by atoms with van der Waals surface area (Å²) in [6, 6.07) is 0. The van der Waals surface area contributed by atoms with Gasteiger partial charge in [0.05, 0.1) is 6.10 Å². The molecule has 2 N–H and O–H groups in total. The average molecular weight is 270 g/mol. The summed E-state index contributed by atoms with van der Waals surface area (Å²) in [6.45, 7) is 10.5. The van der Waals surface area contributed by atoms with Crippen molar-refractivity contribution in [2.24, 2.45) is 5.41 Å². The van der Waals surface area contributed by atoms with Crippen LogP contribution in [0.4, 0.5) is 0 Å². The summed E-state index contributed by atoms with van der Waals surface area (Å²) >= 11 is 0. The minimum Gasteiger partial charge on any atom is -0.396 e. The third-order valence-corrected chi connectivity index (χ3v) is 4.40. The molecule has 2 nitrogen and oxygen atoms in total. The Labute approximate surface area is 119 Å². The van der Waals surface area contributed by atoms with Gasteiger partial charge in [-0.05, 0) is 26.2 Å². The van der Waals surface area contributed by atoms with Crippen LogP contribution in [0.25, 0.3) is 0 Å². The zero-order chi connectivity index (χ0) is 14.7. The Morgan fingerprint density at radius 2 is 1.68 bits per heavy atom. The predicted molar refractivity (Wildman–Crippen MR) is 83.2 cm³/mol. The van der Waals surface area contributed by atoms with Gasteiger partial charge in [-0.1, -0.05) is 64.5 Å². The molecular weight excluding hydrogens is 236 g/mol.